The first kappa shape index (κ1) is 12.4. The molecule has 0 fully saturated rings. The molecule has 3 nitrogen and oxygen atoms in total. The third-order valence-corrected chi connectivity index (χ3v) is 4.01. The topological polar surface area (TPSA) is 46.3 Å². The van der Waals surface area contributed by atoms with Gasteiger partial charge in [0.1, 0.15) is 0 Å². The van der Waals surface area contributed by atoms with Crippen LogP contribution in [0.3, 0.4) is 0 Å². The molecule has 1 unspecified atom stereocenters. The summed E-state index contributed by atoms with van der Waals surface area (Å²) in [5, 5.41) is -0.0451. The molecular weight excluding hydrogens is 252 g/mol. The van der Waals surface area contributed by atoms with Gasteiger partial charge in [-0.15, -0.1) is 11.8 Å². The van der Waals surface area contributed by atoms with E-state index in [1.165, 1.54) is 0 Å². The van der Waals surface area contributed by atoms with Gasteiger partial charge in [0.05, 0.1) is 15.9 Å². The predicted molar refractivity (Wildman–Crippen MR) is 75.5 cm³/mol. The van der Waals surface area contributed by atoms with Crippen LogP contribution in [0.4, 0.5) is 5.69 Å². The zero-order chi connectivity index (χ0) is 12.4. The van der Waals surface area contributed by atoms with E-state index in [0.717, 1.165) is 10.6 Å². The average Bonchev–Trinajstić information content (AvgIpc) is 2.29. The minimum atomic E-state index is -0.0451. The number of fused-ring (bicyclic) bond motifs is 1. The lowest BCUT2D eigenvalue weighted by atomic mass is 10.2. The Morgan fingerprint density at radius 1 is 1.53 bits per heavy atom. The zero-order valence-corrected chi connectivity index (χ0v) is 11.2. The van der Waals surface area contributed by atoms with Crippen molar-refractivity contribution in [3.8, 4) is 0 Å². The number of para-hydroxylation sites is 1. The summed E-state index contributed by atoms with van der Waals surface area (Å²) in [6.45, 7) is 2.49. The second-order valence-electron chi connectivity index (χ2n) is 3.93. The van der Waals surface area contributed by atoms with Crippen LogP contribution in [0.2, 0.25) is 0 Å². The molecule has 0 aromatic heterocycles. The first-order chi connectivity index (χ1) is 8.09. The summed E-state index contributed by atoms with van der Waals surface area (Å²) in [6.07, 6.45) is 0.562. The molecule has 1 amide bonds. The molecule has 2 rings (SSSR count). The maximum atomic E-state index is 12.1. The van der Waals surface area contributed by atoms with Crippen molar-refractivity contribution in [3.05, 3.63) is 24.3 Å². The molecule has 1 atom stereocenters. The van der Waals surface area contributed by atoms with Crippen molar-refractivity contribution in [2.75, 3.05) is 11.4 Å². The van der Waals surface area contributed by atoms with Gasteiger partial charge < -0.3 is 10.6 Å². The molecule has 1 heterocycles. The fourth-order valence-corrected chi connectivity index (χ4v) is 2.97. The van der Waals surface area contributed by atoms with Crippen LogP contribution in [0.15, 0.2) is 29.2 Å². The van der Waals surface area contributed by atoms with Gasteiger partial charge in [-0.2, -0.15) is 0 Å². The standard InChI is InChI=1S/C12H14N2OS2/c1-8-12(15)14(7-6-11(13)16)9-4-2-3-5-10(9)17-8/h2-5,8H,6-7H2,1H3,(H2,13,16). The minimum Gasteiger partial charge on any atom is -0.393 e. The maximum absolute atomic E-state index is 12.1. The zero-order valence-electron chi connectivity index (χ0n) is 9.55. The van der Waals surface area contributed by atoms with E-state index in [9.17, 15) is 4.79 Å². The van der Waals surface area contributed by atoms with E-state index in [1.807, 2.05) is 31.2 Å². The van der Waals surface area contributed by atoms with Crippen LogP contribution in [0.1, 0.15) is 13.3 Å². The molecule has 0 saturated carbocycles. The van der Waals surface area contributed by atoms with E-state index in [4.69, 9.17) is 18.0 Å². The number of thioether (sulfide) groups is 1. The summed E-state index contributed by atoms with van der Waals surface area (Å²) >= 11 is 6.47. The number of hydrogen-bond acceptors (Lipinski definition) is 3. The molecule has 1 aromatic rings. The molecular formula is C12H14N2OS2. The normalized spacial score (nSPS) is 19.0. The highest BCUT2D eigenvalue weighted by molar-refractivity contribution is 8.01. The molecule has 0 saturated heterocycles. The predicted octanol–water partition coefficient (Wildman–Crippen LogP) is 2.19. The Hall–Kier alpha value is -1.07. The molecule has 0 spiro atoms. The number of amides is 1. The van der Waals surface area contributed by atoms with Gasteiger partial charge in [0.2, 0.25) is 5.91 Å². The van der Waals surface area contributed by atoms with Gasteiger partial charge in [0.25, 0.3) is 0 Å². The van der Waals surface area contributed by atoms with Crippen LogP contribution in [0.25, 0.3) is 0 Å². The van der Waals surface area contributed by atoms with Crippen molar-refractivity contribution in [1.29, 1.82) is 0 Å². The number of hydrogen-bond donors (Lipinski definition) is 1. The molecule has 0 aliphatic carbocycles. The van der Waals surface area contributed by atoms with Crippen molar-refractivity contribution in [2.24, 2.45) is 5.73 Å². The lowest BCUT2D eigenvalue weighted by molar-refractivity contribution is -0.118. The molecule has 5 heteroatoms. The Kier molecular flexibility index (Phi) is 3.69. The Balaban J connectivity index is 2.28. The first-order valence-electron chi connectivity index (χ1n) is 5.45. The van der Waals surface area contributed by atoms with E-state index < -0.39 is 0 Å². The third-order valence-electron chi connectivity index (χ3n) is 2.66. The van der Waals surface area contributed by atoms with Gasteiger partial charge in [-0.05, 0) is 19.1 Å². The molecule has 17 heavy (non-hydrogen) atoms. The summed E-state index contributed by atoms with van der Waals surface area (Å²) in [5.74, 6) is 0.130. The molecule has 1 aliphatic rings. The Morgan fingerprint density at radius 3 is 2.94 bits per heavy atom. The highest BCUT2D eigenvalue weighted by Gasteiger charge is 2.29. The number of benzene rings is 1. The van der Waals surface area contributed by atoms with Gasteiger partial charge in [-0.25, -0.2) is 0 Å². The largest absolute Gasteiger partial charge is 0.393 e. The van der Waals surface area contributed by atoms with Crippen LogP contribution in [-0.2, 0) is 4.79 Å². The van der Waals surface area contributed by atoms with Gasteiger partial charge in [0, 0.05) is 17.9 Å². The number of anilines is 1. The summed E-state index contributed by atoms with van der Waals surface area (Å²) < 4.78 is 0. The van der Waals surface area contributed by atoms with E-state index >= 15 is 0 Å². The summed E-state index contributed by atoms with van der Waals surface area (Å²) in [4.78, 5) is 15.5. The monoisotopic (exact) mass is 266 g/mol. The lowest BCUT2D eigenvalue weighted by Crippen LogP contribution is -2.41. The molecule has 2 N–H and O–H groups in total. The Labute approximate surface area is 110 Å². The second-order valence-corrected chi connectivity index (χ2v) is 5.84. The van der Waals surface area contributed by atoms with Gasteiger partial charge in [0.15, 0.2) is 0 Å². The maximum Gasteiger partial charge on any atom is 0.240 e. The molecule has 1 aromatic carbocycles. The van der Waals surface area contributed by atoms with Crippen molar-refractivity contribution in [2.45, 2.75) is 23.5 Å². The summed E-state index contributed by atoms with van der Waals surface area (Å²) in [7, 11) is 0. The van der Waals surface area contributed by atoms with Crippen LogP contribution >= 0.6 is 24.0 Å². The van der Waals surface area contributed by atoms with Crippen molar-refractivity contribution in [3.63, 3.8) is 0 Å². The van der Waals surface area contributed by atoms with E-state index in [-0.39, 0.29) is 11.2 Å². The molecule has 1 aliphatic heterocycles. The Morgan fingerprint density at radius 2 is 2.24 bits per heavy atom. The number of carbonyl (C=O) groups excluding carboxylic acids is 1. The summed E-state index contributed by atoms with van der Waals surface area (Å²) in [5.41, 5.74) is 6.47. The second kappa shape index (κ2) is 5.06. The first-order valence-corrected chi connectivity index (χ1v) is 6.74. The molecule has 0 bridgehead atoms. The SMILES string of the molecule is CC1Sc2ccccc2N(CCC(N)=S)C1=O. The van der Waals surface area contributed by atoms with E-state index in [1.54, 1.807) is 16.7 Å². The van der Waals surface area contributed by atoms with Crippen molar-refractivity contribution < 1.29 is 4.79 Å². The number of carbonyl (C=O) groups is 1. The van der Waals surface area contributed by atoms with E-state index in [0.29, 0.717) is 18.0 Å². The third kappa shape index (κ3) is 2.61. The van der Waals surface area contributed by atoms with Crippen LogP contribution < -0.4 is 10.6 Å². The average molecular weight is 266 g/mol. The van der Waals surface area contributed by atoms with Gasteiger partial charge >= 0.3 is 0 Å². The number of nitrogens with two attached hydrogens (primary N) is 1. The fraction of sp³-hybridized carbons (Fsp3) is 0.333. The fourth-order valence-electron chi connectivity index (χ4n) is 1.81. The van der Waals surface area contributed by atoms with Crippen LogP contribution in [0, 0.1) is 0 Å². The highest BCUT2D eigenvalue weighted by atomic mass is 32.2. The van der Waals surface area contributed by atoms with Crippen molar-refractivity contribution in [1.82, 2.24) is 0 Å². The molecule has 0 radical (unpaired) electrons. The van der Waals surface area contributed by atoms with Gasteiger partial charge in [-0.1, -0.05) is 24.4 Å². The quantitative estimate of drug-likeness (QED) is 0.852. The van der Waals surface area contributed by atoms with Crippen LogP contribution in [-0.4, -0.2) is 22.7 Å². The van der Waals surface area contributed by atoms with Crippen LogP contribution in [0.5, 0.6) is 0 Å². The number of rotatable bonds is 3. The van der Waals surface area contributed by atoms with E-state index in [2.05, 4.69) is 0 Å². The Bertz CT molecular complexity index is 462. The smallest absolute Gasteiger partial charge is 0.240 e. The number of nitrogens with zero attached hydrogens (tertiary/aromatic N) is 1. The minimum absolute atomic E-state index is 0.0451. The molecule has 90 valence electrons. The van der Waals surface area contributed by atoms with Gasteiger partial charge in [-0.3, -0.25) is 4.79 Å². The number of thiocarbonyl (C=S) groups is 1. The lowest BCUT2D eigenvalue weighted by Gasteiger charge is -2.32. The van der Waals surface area contributed by atoms with Crippen molar-refractivity contribution >= 4 is 40.6 Å². The highest BCUT2D eigenvalue weighted by Crippen LogP contribution is 2.38. The summed E-state index contributed by atoms with van der Waals surface area (Å²) in [6, 6.07) is 7.93.